The molecule has 0 fully saturated rings. The molecule has 0 spiro atoms. The van der Waals surface area contributed by atoms with Crippen molar-refractivity contribution in [2.24, 2.45) is 0 Å². The van der Waals surface area contributed by atoms with Crippen LogP contribution in [0, 0.1) is 24.1 Å². The normalized spacial score (nSPS) is 11.3. The fourth-order valence-electron chi connectivity index (χ4n) is 4.11. The Kier molecular flexibility index (Phi) is 9.79. The molecule has 4 aromatic rings. The maximum absolute atomic E-state index is 13.8. The molecule has 0 aliphatic carbocycles. The first kappa shape index (κ1) is 31.2. The fourth-order valence-corrected chi connectivity index (χ4v) is 5.35. The van der Waals surface area contributed by atoms with Crippen LogP contribution in [-0.2, 0) is 23.3 Å². The van der Waals surface area contributed by atoms with Crippen molar-refractivity contribution in [3.8, 4) is 16.8 Å². The maximum atomic E-state index is 13.8. The van der Waals surface area contributed by atoms with E-state index in [9.17, 15) is 23.9 Å². The number of aliphatic hydroxyl groups is 1. The van der Waals surface area contributed by atoms with Gasteiger partial charge in [0.05, 0.1) is 36.9 Å². The highest BCUT2D eigenvalue weighted by molar-refractivity contribution is 7.21. The minimum atomic E-state index is -1.51. The van der Waals surface area contributed by atoms with Gasteiger partial charge >= 0.3 is 5.69 Å². The van der Waals surface area contributed by atoms with Gasteiger partial charge in [0.1, 0.15) is 26.9 Å². The lowest BCUT2D eigenvalue weighted by Gasteiger charge is -2.27. The van der Waals surface area contributed by atoms with Crippen LogP contribution in [0.1, 0.15) is 45.2 Å². The van der Waals surface area contributed by atoms with Crippen molar-refractivity contribution in [1.82, 2.24) is 29.4 Å². The number of hydrogen-bond donors (Lipinski definition) is 3. The summed E-state index contributed by atoms with van der Waals surface area (Å²) in [4.78, 5) is 42.3. The SMILES string of the molecule is Cc1c(-n2nccn2)sc2c1c(=O)n(C(C)(C)C(=O)NC(C)C)c(=O)n2CCc1cc(F)ccc1O.N#CCCO. The topological polar surface area (TPSA) is 168 Å². The van der Waals surface area contributed by atoms with Gasteiger partial charge in [-0.1, -0.05) is 11.3 Å². The van der Waals surface area contributed by atoms with Crippen LogP contribution in [0.25, 0.3) is 15.2 Å². The number of carbonyl (C=O) groups excluding carboxylic acids is 1. The average Bonchev–Trinajstić information content (AvgIpc) is 3.54. The van der Waals surface area contributed by atoms with Crippen LogP contribution in [0.4, 0.5) is 4.39 Å². The Balaban J connectivity index is 0.000000850. The third-order valence-corrected chi connectivity index (χ3v) is 7.47. The molecule has 0 radical (unpaired) electrons. The minimum Gasteiger partial charge on any atom is -0.508 e. The molecule has 1 aromatic carbocycles. The second-order valence-corrected chi connectivity index (χ2v) is 10.9. The number of nitrogens with zero attached hydrogens (tertiary/aromatic N) is 6. The Hall–Kier alpha value is -4.35. The molecule has 0 aliphatic rings. The molecule has 41 heavy (non-hydrogen) atoms. The number of phenolic OH excluding ortho intramolecular Hbond substituents is 1. The molecule has 0 aliphatic heterocycles. The molecular weight excluding hydrogens is 553 g/mol. The fraction of sp³-hybridized carbons (Fsp3) is 0.407. The van der Waals surface area contributed by atoms with Crippen molar-refractivity contribution in [2.75, 3.05) is 6.61 Å². The Labute approximate surface area is 238 Å². The van der Waals surface area contributed by atoms with Gasteiger partial charge in [-0.15, -0.1) is 4.80 Å². The number of hydrogen-bond acceptors (Lipinski definition) is 9. The molecule has 14 heteroatoms. The number of thiophene rings is 1. The summed E-state index contributed by atoms with van der Waals surface area (Å²) in [5.41, 5.74) is -1.92. The predicted octanol–water partition coefficient (Wildman–Crippen LogP) is 2.35. The van der Waals surface area contributed by atoms with Gasteiger partial charge in [0.2, 0.25) is 5.91 Å². The smallest absolute Gasteiger partial charge is 0.333 e. The molecule has 4 rings (SSSR count). The van der Waals surface area contributed by atoms with Crippen molar-refractivity contribution in [3.05, 3.63) is 68.4 Å². The summed E-state index contributed by atoms with van der Waals surface area (Å²) in [6.45, 7) is 8.35. The highest BCUT2D eigenvalue weighted by atomic mass is 32.1. The first-order chi connectivity index (χ1) is 19.3. The Morgan fingerprint density at radius 1 is 1.24 bits per heavy atom. The number of carbonyl (C=O) groups is 1. The Bertz CT molecular complexity index is 1700. The van der Waals surface area contributed by atoms with E-state index in [1.165, 1.54) is 59.1 Å². The summed E-state index contributed by atoms with van der Waals surface area (Å²) in [7, 11) is 0. The zero-order chi connectivity index (χ0) is 30.5. The maximum Gasteiger partial charge on any atom is 0.333 e. The summed E-state index contributed by atoms with van der Waals surface area (Å²) >= 11 is 1.17. The van der Waals surface area contributed by atoms with Crippen LogP contribution in [0.15, 0.2) is 40.2 Å². The Morgan fingerprint density at radius 2 is 1.90 bits per heavy atom. The van der Waals surface area contributed by atoms with E-state index in [1.807, 2.05) is 0 Å². The van der Waals surface area contributed by atoms with Crippen LogP contribution in [-0.4, -0.2) is 52.9 Å². The van der Waals surface area contributed by atoms with Crippen LogP contribution in [0.2, 0.25) is 0 Å². The molecule has 0 unspecified atom stereocenters. The van der Waals surface area contributed by atoms with Crippen molar-refractivity contribution in [2.45, 2.75) is 65.6 Å². The molecule has 3 aromatic heterocycles. The lowest BCUT2D eigenvalue weighted by molar-refractivity contribution is -0.129. The quantitative estimate of drug-likeness (QED) is 0.283. The number of aliphatic hydroxyl groups excluding tert-OH is 1. The third-order valence-electron chi connectivity index (χ3n) is 6.19. The van der Waals surface area contributed by atoms with Gasteiger partial charge in [0.15, 0.2) is 0 Å². The van der Waals surface area contributed by atoms with Crippen LogP contribution >= 0.6 is 11.3 Å². The number of halogens is 1. The number of aromatic hydroxyl groups is 1. The molecule has 1 amide bonds. The molecule has 0 saturated heterocycles. The largest absolute Gasteiger partial charge is 0.508 e. The number of aromatic nitrogens is 5. The molecule has 3 N–H and O–H groups in total. The zero-order valence-corrected chi connectivity index (χ0v) is 24.2. The number of phenols is 1. The van der Waals surface area contributed by atoms with E-state index in [1.54, 1.807) is 26.8 Å². The minimum absolute atomic E-state index is 0.0174. The van der Waals surface area contributed by atoms with E-state index >= 15 is 0 Å². The molecule has 0 bridgehead atoms. The lowest BCUT2D eigenvalue weighted by Crippen LogP contribution is -2.56. The standard InChI is InChI=1S/C24H27FN6O4S.C3H5NO/c1-13(2)28-22(34)24(4,5)30-19(33)18-14(3)20(31-26-9-10-27-31)36-21(18)29(23(30)35)11-8-15-12-16(25)6-7-17(15)32;4-2-1-3-5/h6-7,9-10,12-13,32H,8,11H2,1-5H3,(H,28,34);5H,1,3H2. The summed E-state index contributed by atoms with van der Waals surface area (Å²) in [6, 6.07) is 5.16. The van der Waals surface area contributed by atoms with Crippen molar-refractivity contribution >= 4 is 27.5 Å². The van der Waals surface area contributed by atoms with Crippen molar-refractivity contribution < 1.29 is 19.4 Å². The number of fused-ring (bicyclic) bond motifs is 1. The summed E-state index contributed by atoms with van der Waals surface area (Å²) in [6.07, 6.45) is 3.37. The van der Waals surface area contributed by atoms with Gasteiger partial charge in [-0.05, 0) is 64.8 Å². The van der Waals surface area contributed by atoms with Gasteiger partial charge in [0, 0.05) is 18.2 Å². The number of rotatable bonds is 8. The van der Waals surface area contributed by atoms with Gasteiger partial charge < -0.3 is 15.5 Å². The number of nitrogens with one attached hydrogen (secondary N) is 1. The number of benzene rings is 1. The second kappa shape index (κ2) is 12.9. The van der Waals surface area contributed by atoms with Crippen LogP contribution < -0.4 is 16.6 Å². The van der Waals surface area contributed by atoms with Gasteiger partial charge in [0.25, 0.3) is 5.56 Å². The summed E-state index contributed by atoms with van der Waals surface area (Å²) in [5.74, 6) is -1.10. The van der Waals surface area contributed by atoms with Gasteiger partial charge in [-0.2, -0.15) is 15.5 Å². The highest BCUT2D eigenvalue weighted by Crippen LogP contribution is 2.31. The van der Waals surface area contributed by atoms with Gasteiger partial charge in [-0.25, -0.2) is 13.8 Å². The first-order valence-corrected chi connectivity index (χ1v) is 13.6. The van der Waals surface area contributed by atoms with Crippen molar-refractivity contribution in [1.29, 1.82) is 5.26 Å². The second-order valence-electron chi connectivity index (χ2n) is 9.95. The van der Waals surface area contributed by atoms with E-state index in [-0.39, 0.29) is 43.2 Å². The summed E-state index contributed by atoms with van der Waals surface area (Å²) < 4.78 is 16.1. The van der Waals surface area contributed by atoms with E-state index in [4.69, 9.17) is 10.4 Å². The van der Waals surface area contributed by atoms with Crippen LogP contribution in [0.5, 0.6) is 5.75 Å². The molecule has 218 valence electrons. The monoisotopic (exact) mass is 585 g/mol. The van der Waals surface area contributed by atoms with E-state index in [2.05, 4.69) is 15.5 Å². The molecule has 0 atom stereocenters. The van der Waals surface area contributed by atoms with Crippen LogP contribution in [0.3, 0.4) is 0 Å². The zero-order valence-electron chi connectivity index (χ0n) is 23.4. The highest BCUT2D eigenvalue weighted by Gasteiger charge is 2.35. The van der Waals surface area contributed by atoms with E-state index in [0.29, 0.717) is 21.0 Å². The first-order valence-electron chi connectivity index (χ1n) is 12.8. The molecule has 12 nitrogen and oxygen atoms in total. The molecule has 3 heterocycles. The molecule has 0 saturated carbocycles. The Morgan fingerprint density at radius 3 is 2.46 bits per heavy atom. The van der Waals surface area contributed by atoms with Gasteiger partial charge in [-0.3, -0.25) is 14.2 Å². The van der Waals surface area contributed by atoms with E-state index in [0.717, 1.165) is 10.6 Å². The number of amides is 1. The van der Waals surface area contributed by atoms with E-state index < -0.39 is 28.5 Å². The third kappa shape index (κ3) is 6.53. The average molecular weight is 586 g/mol. The summed E-state index contributed by atoms with van der Waals surface area (Å²) in [5, 5.41) is 37.6. The van der Waals surface area contributed by atoms with Crippen molar-refractivity contribution in [3.63, 3.8) is 0 Å². The lowest BCUT2D eigenvalue weighted by atomic mass is 10.0. The molecular formula is C27H32FN7O5S. The number of aryl methyl sites for hydroxylation is 3. The predicted molar refractivity (Wildman–Crippen MR) is 152 cm³/mol. The number of nitriles is 1.